The minimum Gasteiger partial charge on any atom is -0.481 e. The molecule has 0 aliphatic carbocycles. The van der Waals surface area contributed by atoms with E-state index in [-0.39, 0.29) is 6.42 Å². The predicted octanol–water partition coefficient (Wildman–Crippen LogP) is -1.13. The molecule has 5 N–H and O–H groups in total. The SMILES string of the molecule is CCC(=O)O.N[C@@H](CO)C(=O)O. The van der Waals surface area contributed by atoms with Crippen LogP contribution in [-0.4, -0.2) is 39.9 Å². The van der Waals surface area contributed by atoms with Gasteiger partial charge in [0.25, 0.3) is 0 Å². The van der Waals surface area contributed by atoms with Gasteiger partial charge in [-0.15, -0.1) is 0 Å². The first kappa shape index (κ1) is 13.4. The Morgan fingerprint density at radius 1 is 1.42 bits per heavy atom. The molecule has 0 unspecified atom stereocenters. The summed E-state index contributed by atoms with van der Waals surface area (Å²) in [5.41, 5.74) is 4.77. The summed E-state index contributed by atoms with van der Waals surface area (Å²) in [5.74, 6) is -1.92. The number of hydrogen-bond donors (Lipinski definition) is 4. The molecular weight excluding hydrogens is 166 g/mol. The van der Waals surface area contributed by atoms with Gasteiger partial charge in [-0.05, 0) is 0 Å². The van der Waals surface area contributed by atoms with Crippen LogP contribution in [0.25, 0.3) is 0 Å². The maximum Gasteiger partial charge on any atom is 0.322 e. The van der Waals surface area contributed by atoms with Crippen LogP contribution in [-0.2, 0) is 9.59 Å². The summed E-state index contributed by atoms with van der Waals surface area (Å²) in [6, 6.07) is -1.13. The van der Waals surface area contributed by atoms with Crippen molar-refractivity contribution in [1.82, 2.24) is 0 Å². The molecule has 0 aliphatic rings. The van der Waals surface area contributed by atoms with Crippen LogP contribution in [0, 0.1) is 0 Å². The van der Waals surface area contributed by atoms with E-state index in [2.05, 4.69) is 0 Å². The zero-order valence-corrected chi connectivity index (χ0v) is 6.73. The van der Waals surface area contributed by atoms with E-state index in [1.807, 2.05) is 0 Å². The van der Waals surface area contributed by atoms with Gasteiger partial charge < -0.3 is 21.1 Å². The first-order valence-electron chi connectivity index (χ1n) is 3.26. The van der Waals surface area contributed by atoms with Crippen molar-refractivity contribution in [2.24, 2.45) is 5.73 Å². The standard InChI is InChI=1S/C3H7NO3.C3H6O2/c4-2(1-5)3(6)7;1-2-3(4)5/h2,5H,1,4H2,(H,6,7);2H2,1H3,(H,4,5)/t2-;/m0./s1. The van der Waals surface area contributed by atoms with Gasteiger partial charge in [-0.2, -0.15) is 0 Å². The summed E-state index contributed by atoms with van der Waals surface area (Å²) in [6.07, 6.45) is 0.222. The van der Waals surface area contributed by atoms with Gasteiger partial charge in [0.2, 0.25) is 0 Å². The fourth-order valence-corrected chi connectivity index (χ4v) is 0.0781. The van der Waals surface area contributed by atoms with E-state index in [1.165, 1.54) is 0 Å². The Morgan fingerprint density at radius 3 is 1.75 bits per heavy atom. The van der Waals surface area contributed by atoms with Gasteiger partial charge in [-0.1, -0.05) is 6.92 Å². The lowest BCUT2D eigenvalue weighted by Gasteiger charge is -1.96. The topological polar surface area (TPSA) is 121 Å². The average molecular weight is 179 g/mol. The van der Waals surface area contributed by atoms with Crippen LogP contribution in [0.3, 0.4) is 0 Å². The Morgan fingerprint density at radius 2 is 1.75 bits per heavy atom. The van der Waals surface area contributed by atoms with E-state index >= 15 is 0 Å². The molecule has 72 valence electrons. The molecule has 0 radical (unpaired) electrons. The summed E-state index contributed by atoms with van der Waals surface area (Å²) < 4.78 is 0. The molecule has 0 fully saturated rings. The molecule has 0 aromatic rings. The highest BCUT2D eigenvalue weighted by atomic mass is 16.4. The molecule has 0 aliphatic heterocycles. The molecule has 6 heteroatoms. The third-order valence-corrected chi connectivity index (χ3v) is 0.816. The van der Waals surface area contributed by atoms with Crippen molar-refractivity contribution >= 4 is 11.9 Å². The number of aliphatic hydroxyl groups excluding tert-OH is 1. The molecule has 6 nitrogen and oxygen atoms in total. The number of carboxylic acids is 2. The molecular formula is C6H13NO5. The third-order valence-electron chi connectivity index (χ3n) is 0.816. The van der Waals surface area contributed by atoms with Crippen LogP contribution in [0.4, 0.5) is 0 Å². The molecule has 0 bridgehead atoms. The van der Waals surface area contributed by atoms with Crippen molar-refractivity contribution in [3.8, 4) is 0 Å². The Hall–Kier alpha value is -1.14. The van der Waals surface area contributed by atoms with Crippen molar-refractivity contribution < 1.29 is 24.9 Å². The van der Waals surface area contributed by atoms with E-state index in [0.29, 0.717) is 0 Å². The number of hydrogen-bond acceptors (Lipinski definition) is 4. The Balaban J connectivity index is 0. The van der Waals surface area contributed by atoms with Gasteiger partial charge in [-0.3, -0.25) is 9.59 Å². The second-order valence-corrected chi connectivity index (χ2v) is 1.87. The van der Waals surface area contributed by atoms with Gasteiger partial charge in [0.1, 0.15) is 6.04 Å². The van der Waals surface area contributed by atoms with Gasteiger partial charge in [0, 0.05) is 6.42 Å². The van der Waals surface area contributed by atoms with Crippen LogP contribution in [0.2, 0.25) is 0 Å². The maximum atomic E-state index is 9.65. The fraction of sp³-hybridized carbons (Fsp3) is 0.667. The number of aliphatic carboxylic acids is 2. The molecule has 0 aromatic heterocycles. The first-order chi connectivity index (χ1) is 5.45. The molecule has 0 saturated heterocycles. The average Bonchev–Trinajstić information content (AvgIpc) is 2.04. The lowest BCUT2D eigenvalue weighted by atomic mass is 10.3. The minimum absolute atomic E-state index is 0.222. The zero-order chi connectivity index (χ0) is 10.1. The van der Waals surface area contributed by atoms with Crippen LogP contribution < -0.4 is 5.73 Å². The molecule has 0 heterocycles. The van der Waals surface area contributed by atoms with Crippen molar-refractivity contribution in [3.63, 3.8) is 0 Å². The van der Waals surface area contributed by atoms with E-state index < -0.39 is 24.6 Å². The number of aliphatic hydroxyl groups is 1. The summed E-state index contributed by atoms with van der Waals surface area (Å²) in [4.78, 5) is 19.0. The second kappa shape index (κ2) is 7.96. The number of carbonyl (C=O) groups is 2. The number of carboxylic acid groups (broad SMARTS) is 2. The van der Waals surface area contributed by atoms with Crippen molar-refractivity contribution in [3.05, 3.63) is 0 Å². The lowest BCUT2D eigenvalue weighted by molar-refractivity contribution is -0.139. The maximum absolute atomic E-state index is 9.65. The molecule has 0 rings (SSSR count). The molecule has 0 spiro atoms. The smallest absolute Gasteiger partial charge is 0.322 e. The van der Waals surface area contributed by atoms with E-state index in [1.54, 1.807) is 6.92 Å². The Bertz CT molecular complexity index is 147. The Labute approximate surface area is 69.6 Å². The van der Waals surface area contributed by atoms with Crippen LogP contribution in [0.5, 0.6) is 0 Å². The summed E-state index contributed by atoms with van der Waals surface area (Å²) in [7, 11) is 0. The van der Waals surface area contributed by atoms with Crippen molar-refractivity contribution in [2.75, 3.05) is 6.61 Å². The molecule has 0 amide bonds. The third kappa shape index (κ3) is 11.6. The molecule has 0 aromatic carbocycles. The van der Waals surface area contributed by atoms with E-state index in [0.717, 1.165) is 0 Å². The van der Waals surface area contributed by atoms with Crippen molar-refractivity contribution in [1.29, 1.82) is 0 Å². The van der Waals surface area contributed by atoms with Gasteiger partial charge in [-0.25, -0.2) is 0 Å². The van der Waals surface area contributed by atoms with Gasteiger partial charge in [0.15, 0.2) is 0 Å². The highest BCUT2D eigenvalue weighted by molar-refractivity contribution is 5.73. The minimum atomic E-state index is -1.18. The highest BCUT2D eigenvalue weighted by Gasteiger charge is 2.06. The zero-order valence-electron chi connectivity index (χ0n) is 6.73. The summed E-state index contributed by atoms with van der Waals surface area (Å²) in [5, 5.41) is 23.6. The Kier molecular flexibility index (Phi) is 8.92. The lowest BCUT2D eigenvalue weighted by Crippen LogP contribution is -2.33. The monoisotopic (exact) mass is 179 g/mol. The molecule has 12 heavy (non-hydrogen) atoms. The van der Waals surface area contributed by atoms with Crippen LogP contribution >= 0.6 is 0 Å². The summed E-state index contributed by atoms with van der Waals surface area (Å²) in [6.45, 7) is 1.09. The van der Waals surface area contributed by atoms with Gasteiger partial charge >= 0.3 is 11.9 Å². The fourth-order valence-electron chi connectivity index (χ4n) is 0.0781. The number of rotatable bonds is 3. The van der Waals surface area contributed by atoms with Gasteiger partial charge in [0.05, 0.1) is 6.61 Å². The number of nitrogens with two attached hydrogens (primary N) is 1. The largest absolute Gasteiger partial charge is 0.481 e. The van der Waals surface area contributed by atoms with E-state index in [9.17, 15) is 9.59 Å². The quantitative estimate of drug-likeness (QED) is 0.435. The highest BCUT2D eigenvalue weighted by Crippen LogP contribution is 1.71. The molecule has 0 saturated carbocycles. The van der Waals surface area contributed by atoms with E-state index in [4.69, 9.17) is 21.1 Å². The summed E-state index contributed by atoms with van der Waals surface area (Å²) >= 11 is 0. The second-order valence-electron chi connectivity index (χ2n) is 1.87. The van der Waals surface area contributed by atoms with Crippen molar-refractivity contribution in [2.45, 2.75) is 19.4 Å². The predicted molar refractivity (Wildman–Crippen MR) is 40.6 cm³/mol. The van der Waals surface area contributed by atoms with Crippen LogP contribution in [0.1, 0.15) is 13.3 Å². The molecule has 1 atom stereocenters. The van der Waals surface area contributed by atoms with Crippen LogP contribution in [0.15, 0.2) is 0 Å². The normalized spacial score (nSPS) is 10.9. The first-order valence-corrected chi connectivity index (χ1v) is 3.26.